The van der Waals surface area contributed by atoms with Crippen LogP contribution >= 0.6 is 0 Å². The number of nitrogens with one attached hydrogen (secondary N) is 2. The average molecular weight is 501 g/mol. The fourth-order valence-corrected chi connectivity index (χ4v) is 8.19. The van der Waals surface area contributed by atoms with Crippen molar-refractivity contribution in [2.45, 2.75) is 109 Å². The molecule has 0 aromatic carbocycles. The predicted octanol–water partition coefficient (Wildman–Crippen LogP) is 4.52. The maximum atomic E-state index is 14.2. The standard InChI is InChI=1S/C30H48N4O2.2H2/c1-4-33(25-15-18-29-16-9-10-17-30(25,29)21-29)20-24-14-11-19-34(24)28(36)26(32-27(35)22(2)31-3)23-12-7-5-6-8-13-23;;/h9-10,16-17,22-26,31H,4-8,11-15,18-21H2,1-3H3,(H,32,35);2*1H/t22?,24-,25?,26-,29?,30?;;/m0../s1. The van der Waals surface area contributed by atoms with Gasteiger partial charge in [0.1, 0.15) is 6.04 Å². The summed E-state index contributed by atoms with van der Waals surface area (Å²) in [5.41, 5.74) is 0.731. The molecule has 2 N–H and O–H groups in total. The zero-order chi connectivity index (χ0) is 25.3. The van der Waals surface area contributed by atoms with Gasteiger partial charge < -0.3 is 15.5 Å². The molecule has 1 saturated heterocycles. The summed E-state index contributed by atoms with van der Waals surface area (Å²) in [5.74, 6) is 0.359. The Bertz CT molecular complexity index is 889. The van der Waals surface area contributed by atoms with Gasteiger partial charge in [0, 0.05) is 38.9 Å². The Balaban J connectivity index is 0.00000200. The van der Waals surface area contributed by atoms with E-state index in [9.17, 15) is 9.59 Å². The van der Waals surface area contributed by atoms with Crippen LogP contribution in [0.3, 0.4) is 0 Å². The van der Waals surface area contributed by atoms with Crippen LogP contribution in [0.2, 0.25) is 0 Å². The number of carbonyl (C=O) groups is 2. The van der Waals surface area contributed by atoms with Crippen LogP contribution in [-0.2, 0) is 9.59 Å². The van der Waals surface area contributed by atoms with Gasteiger partial charge in [-0.1, -0.05) is 56.9 Å². The maximum absolute atomic E-state index is 14.2. The van der Waals surface area contributed by atoms with Gasteiger partial charge in [-0.05, 0) is 71.4 Å². The van der Waals surface area contributed by atoms with Crippen LogP contribution in [0, 0.1) is 16.7 Å². The molecule has 4 unspecified atom stereocenters. The third-order valence-corrected chi connectivity index (χ3v) is 10.5. The maximum Gasteiger partial charge on any atom is 0.245 e. The van der Waals surface area contributed by atoms with Gasteiger partial charge in [-0.3, -0.25) is 14.5 Å². The molecule has 0 spiro atoms. The average Bonchev–Trinajstić information content (AvgIpc) is 3.34. The van der Waals surface area contributed by atoms with Gasteiger partial charge in [-0.2, -0.15) is 0 Å². The zero-order valence-electron chi connectivity index (χ0n) is 22.8. The molecule has 6 atom stereocenters. The molecule has 0 aromatic heterocycles. The second kappa shape index (κ2) is 10.6. The molecule has 1 heterocycles. The van der Waals surface area contributed by atoms with Crippen LogP contribution < -0.4 is 10.6 Å². The monoisotopic (exact) mass is 500 g/mol. The van der Waals surface area contributed by atoms with Gasteiger partial charge in [0.15, 0.2) is 0 Å². The van der Waals surface area contributed by atoms with E-state index in [-0.39, 0.29) is 32.7 Å². The van der Waals surface area contributed by atoms with Crippen molar-refractivity contribution in [2.24, 2.45) is 16.7 Å². The van der Waals surface area contributed by atoms with E-state index in [2.05, 4.69) is 51.7 Å². The first-order valence-electron chi connectivity index (χ1n) is 14.8. The highest BCUT2D eigenvalue weighted by atomic mass is 16.2. The molecular formula is C30H52N4O2. The Hall–Kier alpha value is -1.66. The fraction of sp³-hybridized carbons (Fsp3) is 0.800. The summed E-state index contributed by atoms with van der Waals surface area (Å²) in [6.07, 6.45) is 22.3. The molecule has 1 aliphatic heterocycles. The molecule has 6 heteroatoms. The largest absolute Gasteiger partial charge is 0.343 e. The summed E-state index contributed by atoms with van der Waals surface area (Å²) >= 11 is 0. The Morgan fingerprint density at radius 1 is 1.08 bits per heavy atom. The molecular weight excluding hydrogens is 448 g/mol. The van der Waals surface area contributed by atoms with E-state index in [1.807, 2.05) is 6.92 Å². The lowest BCUT2D eigenvalue weighted by molar-refractivity contribution is -0.139. The second-order valence-electron chi connectivity index (χ2n) is 12.3. The third-order valence-electron chi connectivity index (χ3n) is 10.5. The van der Waals surface area contributed by atoms with Crippen molar-refractivity contribution < 1.29 is 12.4 Å². The highest BCUT2D eigenvalue weighted by Gasteiger charge is 2.72. The molecule has 204 valence electrons. The van der Waals surface area contributed by atoms with E-state index in [1.54, 1.807) is 7.05 Å². The summed E-state index contributed by atoms with van der Waals surface area (Å²) in [7, 11) is 1.80. The molecule has 36 heavy (non-hydrogen) atoms. The van der Waals surface area contributed by atoms with Crippen molar-refractivity contribution >= 4 is 11.8 Å². The highest BCUT2D eigenvalue weighted by molar-refractivity contribution is 5.90. The number of amides is 2. The van der Waals surface area contributed by atoms with Crippen LogP contribution in [0.5, 0.6) is 0 Å². The summed E-state index contributed by atoms with van der Waals surface area (Å²) < 4.78 is 0. The molecule has 0 aromatic rings. The first-order chi connectivity index (χ1) is 17.4. The quantitative estimate of drug-likeness (QED) is 0.457. The molecule has 5 rings (SSSR count). The Morgan fingerprint density at radius 3 is 2.56 bits per heavy atom. The summed E-state index contributed by atoms with van der Waals surface area (Å²) in [6, 6.07) is 0.136. The van der Waals surface area contributed by atoms with Gasteiger partial charge >= 0.3 is 0 Å². The number of nitrogens with zero attached hydrogens (tertiary/aromatic N) is 2. The fourth-order valence-electron chi connectivity index (χ4n) is 8.19. The topological polar surface area (TPSA) is 64.7 Å². The number of carbonyl (C=O) groups excluding carboxylic acids is 2. The number of likely N-dealkylation sites (N-methyl/N-ethyl adjacent to an activating group) is 2. The highest BCUT2D eigenvalue weighted by Crippen LogP contribution is 2.76. The van der Waals surface area contributed by atoms with Gasteiger partial charge in [0.05, 0.1) is 6.04 Å². The Morgan fingerprint density at radius 2 is 1.83 bits per heavy atom. The van der Waals surface area contributed by atoms with E-state index in [0.717, 1.165) is 58.2 Å². The zero-order valence-corrected chi connectivity index (χ0v) is 22.8. The van der Waals surface area contributed by atoms with Gasteiger partial charge in [-0.25, -0.2) is 0 Å². The van der Waals surface area contributed by atoms with E-state index in [0.29, 0.717) is 16.9 Å². The molecule has 4 aliphatic carbocycles. The minimum Gasteiger partial charge on any atom is -0.343 e. The number of rotatable bonds is 9. The number of allylic oxidation sites excluding steroid dienone is 3. The minimum atomic E-state index is -0.394. The van der Waals surface area contributed by atoms with Crippen molar-refractivity contribution in [1.82, 2.24) is 20.4 Å². The van der Waals surface area contributed by atoms with Crippen LogP contribution in [0.4, 0.5) is 0 Å². The number of likely N-dealkylation sites (tertiary alicyclic amines) is 1. The van der Waals surface area contributed by atoms with E-state index >= 15 is 0 Å². The number of hydrogen-bond acceptors (Lipinski definition) is 4. The lowest BCUT2D eigenvalue weighted by Gasteiger charge is -2.39. The van der Waals surface area contributed by atoms with Crippen LogP contribution in [0.1, 0.15) is 87.3 Å². The van der Waals surface area contributed by atoms with Crippen molar-refractivity contribution in [3.8, 4) is 0 Å². The summed E-state index contributed by atoms with van der Waals surface area (Å²) in [4.78, 5) is 31.9. The number of hydrogen-bond donors (Lipinski definition) is 2. The lowest BCUT2D eigenvalue weighted by Crippen LogP contribution is -2.57. The Kier molecular flexibility index (Phi) is 7.65. The van der Waals surface area contributed by atoms with Crippen LogP contribution in [0.15, 0.2) is 24.3 Å². The molecule has 3 saturated carbocycles. The molecule has 6 nitrogen and oxygen atoms in total. The van der Waals surface area contributed by atoms with Crippen LogP contribution in [-0.4, -0.2) is 72.5 Å². The van der Waals surface area contributed by atoms with Gasteiger partial charge in [-0.15, -0.1) is 0 Å². The molecule has 5 aliphatic rings. The first kappa shape index (κ1) is 26.0. The van der Waals surface area contributed by atoms with E-state index < -0.39 is 6.04 Å². The smallest absolute Gasteiger partial charge is 0.245 e. The lowest BCUT2D eigenvalue weighted by atomic mass is 9.88. The predicted molar refractivity (Wildman–Crippen MR) is 149 cm³/mol. The summed E-state index contributed by atoms with van der Waals surface area (Å²) in [6.45, 7) is 6.97. The molecule has 2 amide bonds. The molecule has 0 radical (unpaired) electrons. The van der Waals surface area contributed by atoms with Crippen molar-refractivity contribution in [2.75, 3.05) is 26.7 Å². The van der Waals surface area contributed by atoms with E-state index in [1.165, 1.54) is 32.1 Å². The van der Waals surface area contributed by atoms with Crippen molar-refractivity contribution in [1.29, 1.82) is 0 Å². The molecule has 4 fully saturated rings. The van der Waals surface area contributed by atoms with Crippen LogP contribution in [0.25, 0.3) is 0 Å². The SMILES string of the molecule is CCN(C[C@@H]1CCCN1C(=O)[C@@H](NC(=O)C(C)NC)C1CCCCCC1)C1CCC23C=CC=CC12C3.[HH].[HH]. The van der Waals surface area contributed by atoms with Gasteiger partial charge in [0.25, 0.3) is 0 Å². The summed E-state index contributed by atoms with van der Waals surface area (Å²) in [5, 5.41) is 6.25. The van der Waals surface area contributed by atoms with Crippen molar-refractivity contribution in [3.05, 3.63) is 24.3 Å². The van der Waals surface area contributed by atoms with Gasteiger partial charge in [0.2, 0.25) is 11.8 Å². The van der Waals surface area contributed by atoms with Crippen molar-refractivity contribution in [3.63, 3.8) is 0 Å². The normalized spacial score (nSPS) is 35.3. The second-order valence-corrected chi connectivity index (χ2v) is 12.3. The minimum absolute atomic E-state index is 0. The first-order valence-corrected chi connectivity index (χ1v) is 14.8. The third kappa shape index (κ3) is 4.57. The van der Waals surface area contributed by atoms with E-state index in [4.69, 9.17) is 0 Å². The Labute approximate surface area is 221 Å². The molecule has 0 bridgehead atoms.